The zero-order chi connectivity index (χ0) is 44.4. The van der Waals surface area contributed by atoms with Crippen LogP contribution in [0.1, 0.15) is 25.7 Å². The van der Waals surface area contributed by atoms with Crippen molar-refractivity contribution in [3.63, 3.8) is 0 Å². The van der Waals surface area contributed by atoms with Crippen molar-refractivity contribution in [2.24, 2.45) is 10.2 Å². The van der Waals surface area contributed by atoms with Crippen LogP contribution in [0.3, 0.4) is 0 Å². The zero-order valence-corrected chi connectivity index (χ0v) is 37.7. The summed E-state index contributed by atoms with van der Waals surface area (Å²) in [6.45, 7) is 2.90. The highest BCUT2D eigenvalue weighted by molar-refractivity contribution is 7.86. The van der Waals surface area contributed by atoms with Crippen molar-refractivity contribution in [1.82, 2.24) is 10.4 Å². The first kappa shape index (κ1) is 50.0. The minimum atomic E-state index is -0.506. The van der Waals surface area contributed by atoms with Gasteiger partial charge in [0.1, 0.15) is 36.5 Å². The summed E-state index contributed by atoms with van der Waals surface area (Å²) in [5.74, 6) is -0.879. The molecule has 4 aliphatic rings. The van der Waals surface area contributed by atoms with Crippen LogP contribution in [0.15, 0.2) is 46.6 Å². The number of aliphatic hydroxyl groups excluding tert-OH is 1. The first-order valence-corrected chi connectivity index (χ1v) is 20.3. The second-order valence-electron chi connectivity index (χ2n) is 12.3. The molecule has 0 aromatic heterocycles. The molecule has 2 aromatic carbocycles. The number of halogens is 4. The molecule has 0 aliphatic carbocycles. The van der Waals surface area contributed by atoms with Crippen molar-refractivity contribution >= 4 is 139 Å². The monoisotopic (exact) mass is 952 g/mol. The van der Waals surface area contributed by atoms with Gasteiger partial charge in [-0.05, 0) is 85.9 Å². The number of benzene rings is 2. The largest absolute Gasteiger partial charge is 0.490 e. The molecular formula is C36H44Cl2F2N8O8S4. The van der Waals surface area contributed by atoms with Crippen molar-refractivity contribution in [3.05, 3.63) is 48.0 Å². The van der Waals surface area contributed by atoms with Gasteiger partial charge in [-0.3, -0.25) is 9.80 Å². The van der Waals surface area contributed by atoms with E-state index < -0.39 is 23.8 Å². The van der Waals surface area contributed by atoms with E-state index in [0.29, 0.717) is 97.8 Å². The average molecular weight is 954 g/mol. The molecule has 2 fully saturated rings. The Labute approximate surface area is 377 Å². The number of hydrogen-bond donors (Lipinski definition) is 2. The molecule has 328 valence electrons. The summed E-state index contributed by atoms with van der Waals surface area (Å²) in [6, 6.07) is 9.30. The lowest BCUT2D eigenvalue weighted by Gasteiger charge is -2.29. The molecule has 0 radical (unpaired) electrons. The van der Waals surface area contributed by atoms with E-state index in [2.05, 4.69) is 27.8 Å². The standard InChI is InChI=1S/C18H21FN4O4S2.C16H19FN4O3S.CCl2S.CH4O/c1-25-16(28)6-4-13-10-22(17(24)27-13)12-3-5-15(14(19)9-12)21-7-8-23(20-11-21)18(29)26-2;1-23-15(25)5-3-12-9-21(16(22)24-12)11-2-4-14(13(17)8-11)20-7-6-18-19-10-20;2-1(3)4;1-2/h3,5,9,11,13H,4,6-8,10H2,1-2H3;2,4,8,10,12,18H,3,5-7,9H2,1H3;;2H,1H3/t13-;12-;;/m00../s1. The van der Waals surface area contributed by atoms with Gasteiger partial charge in [-0.15, -0.1) is 0 Å². The normalized spacial score (nSPS) is 17.7. The number of hydrogen-bond acceptors (Lipinski definition) is 17. The van der Waals surface area contributed by atoms with E-state index in [-0.39, 0.29) is 21.2 Å². The number of thiocarbonyl (C=S) groups is 4. The Bertz CT molecular complexity index is 1900. The Kier molecular flexibility index (Phi) is 21.2. The van der Waals surface area contributed by atoms with Gasteiger partial charge in [-0.2, -0.15) is 10.2 Å². The van der Waals surface area contributed by atoms with Gasteiger partial charge in [0.15, 0.2) is 13.9 Å². The topological polar surface area (TPSA) is 153 Å². The van der Waals surface area contributed by atoms with E-state index in [4.69, 9.17) is 88.6 Å². The van der Waals surface area contributed by atoms with Crippen molar-refractivity contribution in [2.45, 2.75) is 37.9 Å². The Hall–Kier alpha value is -4.32. The van der Waals surface area contributed by atoms with E-state index in [9.17, 15) is 18.4 Å². The molecule has 24 heteroatoms. The Morgan fingerprint density at radius 3 is 1.62 bits per heavy atom. The van der Waals surface area contributed by atoms with Crippen LogP contribution in [0.4, 0.5) is 41.1 Å². The Morgan fingerprint density at radius 2 is 1.25 bits per heavy atom. The van der Waals surface area contributed by atoms with Crippen LogP contribution in [-0.4, -0.2) is 134 Å². The smallest absolute Gasteiger partial charge is 0.414 e. The number of ether oxygens (including phenoxy) is 5. The number of cyclic esters (lactones) is 2. The summed E-state index contributed by atoms with van der Waals surface area (Å²) in [4.78, 5) is 30.5. The fourth-order valence-corrected chi connectivity index (χ4v) is 6.15. The second-order valence-corrected chi connectivity index (χ2v) is 15.4. The van der Waals surface area contributed by atoms with Gasteiger partial charge in [0.2, 0.25) is 0 Å². The third-order valence-electron chi connectivity index (χ3n) is 8.67. The number of nitrogens with one attached hydrogen (secondary N) is 1. The number of carbonyl (C=O) groups is 2. The molecule has 0 unspecified atom stereocenters. The zero-order valence-electron chi connectivity index (χ0n) is 32.9. The Morgan fingerprint density at radius 1 is 0.783 bits per heavy atom. The third-order valence-corrected chi connectivity index (χ3v) is 9.79. The lowest BCUT2D eigenvalue weighted by molar-refractivity contribution is 0.136. The number of aliphatic hydroxyl groups is 1. The maximum atomic E-state index is 14.8. The summed E-state index contributed by atoms with van der Waals surface area (Å²) in [6.07, 6.45) is 3.62. The minimum Gasteiger partial charge on any atom is -0.490 e. The number of hydrazone groups is 2. The van der Waals surface area contributed by atoms with Crippen LogP contribution in [0.25, 0.3) is 0 Å². The molecule has 2 saturated heterocycles. The molecule has 6 rings (SSSR count). The van der Waals surface area contributed by atoms with Gasteiger partial charge in [-0.1, -0.05) is 35.4 Å². The molecule has 2 N–H and O–H groups in total. The first-order valence-electron chi connectivity index (χ1n) is 17.9. The minimum absolute atomic E-state index is 0.0556. The summed E-state index contributed by atoms with van der Waals surface area (Å²) in [5.41, 5.74) is 4.49. The van der Waals surface area contributed by atoms with Crippen LogP contribution in [0.5, 0.6) is 0 Å². The van der Waals surface area contributed by atoms with Crippen LogP contribution >= 0.6 is 72.1 Å². The highest BCUT2D eigenvalue weighted by Gasteiger charge is 2.34. The number of rotatable bonds is 10. The molecule has 2 atom stereocenters. The number of amides is 2. The summed E-state index contributed by atoms with van der Waals surface area (Å²) >= 11 is 28.6. The van der Waals surface area contributed by atoms with E-state index >= 15 is 0 Å². The molecule has 4 heterocycles. The summed E-state index contributed by atoms with van der Waals surface area (Å²) in [5, 5.41) is 17.8. The molecule has 4 aliphatic heterocycles. The van der Waals surface area contributed by atoms with Gasteiger partial charge >= 0.3 is 12.2 Å². The van der Waals surface area contributed by atoms with Crippen LogP contribution in [0.2, 0.25) is 0 Å². The van der Waals surface area contributed by atoms with Crippen LogP contribution < -0.4 is 25.0 Å². The van der Waals surface area contributed by atoms with Crippen molar-refractivity contribution in [3.8, 4) is 0 Å². The van der Waals surface area contributed by atoms with Gasteiger partial charge in [0, 0.05) is 33.0 Å². The SMILES string of the molecule is CO.COC(=S)CC[C@H]1CN(c2ccc(N3C=NN(C(=S)OC)CC3)c(F)c2)C(=O)O1.COC(=S)CC[C@H]1CN(c2ccc(N3C=NNCC3)c(F)c2)C(=O)O1.S=C(Cl)Cl. The van der Waals surface area contributed by atoms with Gasteiger partial charge in [-0.25, -0.2) is 23.4 Å². The average Bonchev–Trinajstić information content (AvgIpc) is 3.83. The lowest BCUT2D eigenvalue weighted by Crippen LogP contribution is -2.40. The quantitative estimate of drug-likeness (QED) is 0.196. The molecule has 2 amide bonds. The van der Waals surface area contributed by atoms with E-state index in [1.54, 1.807) is 40.4 Å². The summed E-state index contributed by atoms with van der Waals surface area (Å²) < 4.78 is 54.7. The fraction of sp³-hybridized carbons (Fsp3) is 0.444. The van der Waals surface area contributed by atoms with E-state index in [0.717, 1.165) is 7.11 Å². The molecule has 0 bridgehead atoms. The maximum Gasteiger partial charge on any atom is 0.414 e. The van der Waals surface area contributed by atoms with Crippen molar-refractivity contribution in [2.75, 3.05) is 87.3 Å². The number of nitrogens with zero attached hydrogens (tertiary/aromatic N) is 7. The van der Waals surface area contributed by atoms with E-state index in [1.165, 1.54) is 54.6 Å². The maximum absolute atomic E-state index is 14.8. The molecule has 16 nitrogen and oxygen atoms in total. The molecular weight excluding hydrogens is 910 g/mol. The lowest BCUT2D eigenvalue weighted by atomic mass is 10.2. The fourth-order valence-electron chi connectivity index (χ4n) is 5.78. The summed E-state index contributed by atoms with van der Waals surface area (Å²) in [7, 11) is 5.50. The molecule has 0 saturated carbocycles. The molecule has 60 heavy (non-hydrogen) atoms. The Balaban J connectivity index is 0.000000286. The highest BCUT2D eigenvalue weighted by Crippen LogP contribution is 2.30. The van der Waals surface area contributed by atoms with Crippen molar-refractivity contribution in [1.29, 1.82) is 0 Å². The highest BCUT2D eigenvalue weighted by atomic mass is 35.5. The van der Waals surface area contributed by atoms with Gasteiger partial charge < -0.3 is 44.0 Å². The number of methoxy groups -OCH3 is 3. The number of carbonyl (C=O) groups excluding carboxylic acids is 2. The molecule has 0 spiro atoms. The van der Waals surface area contributed by atoms with Crippen LogP contribution in [-0.2, 0) is 23.7 Å². The number of anilines is 4. The van der Waals surface area contributed by atoms with Crippen LogP contribution in [0, 0.1) is 11.6 Å². The van der Waals surface area contributed by atoms with E-state index in [1.807, 2.05) is 0 Å². The first-order chi connectivity index (χ1) is 28.7. The van der Waals surface area contributed by atoms with Gasteiger partial charge in [0.25, 0.3) is 5.17 Å². The predicted octanol–water partition coefficient (Wildman–Crippen LogP) is 6.52. The predicted molar refractivity (Wildman–Crippen MR) is 244 cm³/mol. The molecule has 2 aromatic rings. The second kappa shape index (κ2) is 25.5. The van der Waals surface area contributed by atoms with Gasteiger partial charge in [0.05, 0.1) is 70.3 Å². The third kappa shape index (κ3) is 15.0. The van der Waals surface area contributed by atoms with Crippen molar-refractivity contribution < 1.29 is 47.2 Å².